The predicted octanol–water partition coefficient (Wildman–Crippen LogP) is 5.88. The minimum atomic E-state index is -4.28. The molecular weight excluding hydrogens is 821 g/mol. The van der Waals surface area contributed by atoms with Crippen molar-refractivity contribution in [2.24, 2.45) is 7.05 Å². The first-order valence-corrected chi connectivity index (χ1v) is 22.9. The van der Waals surface area contributed by atoms with Gasteiger partial charge in [0, 0.05) is 48.2 Å². The number of sulfonamides is 2. The SMILES string of the molecule is CC(C)n1ccc(S(=O)(=O)NC(=O)Nc2c(-c3cc(CC4CCc5c4ccc(-c4ccnnc4)c5NC(=O)NS(=O)(=O)c4ccn(C(C)C)n4)nn3C)ccc3c2CCC3)n1. The topological polar surface area (TPSA) is 230 Å². The number of carbonyl (C=O) groups is 2. The van der Waals surface area contributed by atoms with Crippen LogP contribution in [0.15, 0.2) is 83.4 Å². The van der Waals surface area contributed by atoms with Crippen molar-refractivity contribution in [3.05, 3.63) is 101 Å². The molecule has 0 fully saturated rings. The minimum Gasteiger partial charge on any atom is -0.306 e. The summed E-state index contributed by atoms with van der Waals surface area (Å²) in [7, 11) is -6.70. The third-order valence-corrected chi connectivity index (χ3v) is 13.5. The molecule has 2 aliphatic rings. The highest BCUT2D eigenvalue weighted by Gasteiger charge is 2.31. The number of nitrogens with one attached hydrogen (secondary N) is 4. The summed E-state index contributed by atoms with van der Waals surface area (Å²) in [6, 6.07) is 12.4. The number of fused-ring (bicyclic) bond motifs is 2. The molecule has 18 nitrogen and oxygen atoms in total. The average molecular weight is 867 g/mol. The molecular formula is C41H46N12O6S2. The lowest BCUT2D eigenvalue weighted by molar-refractivity contribution is 0.255. The van der Waals surface area contributed by atoms with Crippen molar-refractivity contribution < 1.29 is 26.4 Å². The Hall–Kier alpha value is -6.41. The van der Waals surface area contributed by atoms with Crippen LogP contribution >= 0.6 is 0 Å². The maximum atomic E-state index is 13.5. The third kappa shape index (κ3) is 8.36. The van der Waals surface area contributed by atoms with Gasteiger partial charge in [-0.2, -0.15) is 42.3 Å². The number of hydrogen-bond donors (Lipinski definition) is 4. The Bertz CT molecular complexity index is 2880. The molecule has 2 aliphatic carbocycles. The van der Waals surface area contributed by atoms with Gasteiger partial charge < -0.3 is 10.6 Å². The Kier molecular flexibility index (Phi) is 11.0. The van der Waals surface area contributed by atoms with Gasteiger partial charge in [0.2, 0.25) is 0 Å². The molecule has 1 atom stereocenters. The molecule has 2 aromatic carbocycles. The number of carbonyl (C=O) groups excluding carboxylic acids is 2. The quantitative estimate of drug-likeness (QED) is 0.114. The molecule has 0 aliphatic heterocycles. The molecule has 318 valence electrons. The van der Waals surface area contributed by atoms with Crippen molar-refractivity contribution >= 4 is 43.5 Å². The summed E-state index contributed by atoms with van der Waals surface area (Å²) >= 11 is 0. The fraction of sp³-hybridized carbons (Fsp3) is 0.341. The van der Waals surface area contributed by atoms with Crippen molar-refractivity contribution in [3.63, 3.8) is 0 Å². The van der Waals surface area contributed by atoms with Gasteiger partial charge >= 0.3 is 12.1 Å². The molecule has 0 saturated carbocycles. The zero-order valence-electron chi connectivity index (χ0n) is 34.2. The van der Waals surface area contributed by atoms with Gasteiger partial charge in [0.1, 0.15) is 0 Å². The molecule has 61 heavy (non-hydrogen) atoms. The smallest absolute Gasteiger partial charge is 0.306 e. The second-order valence-electron chi connectivity index (χ2n) is 15.8. The molecule has 4 amide bonds. The van der Waals surface area contributed by atoms with Crippen LogP contribution in [0.2, 0.25) is 0 Å². The van der Waals surface area contributed by atoms with Gasteiger partial charge in [0.15, 0.2) is 10.1 Å². The van der Waals surface area contributed by atoms with Gasteiger partial charge in [-0.1, -0.05) is 24.3 Å². The highest BCUT2D eigenvalue weighted by atomic mass is 32.2. The maximum absolute atomic E-state index is 13.5. The van der Waals surface area contributed by atoms with Gasteiger partial charge in [-0.25, -0.2) is 19.0 Å². The summed E-state index contributed by atoms with van der Waals surface area (Å²) in [6.45, 7) is 7.48. The van der Waals surface area contributed by atoms with E-state index >= 15 is 0 Å². The molecule has 4 heterocycles. The molecule has 8 rings (SSSR count). The molecule has 1 unspecified atom stereocenters. The van der Waals surface area contributed by atoms with E-state index in [1.54, 1.807) is 35.5 Å². The Morgan fingerprint density at radius 3 is 1.95 bits per heavy atom. The molecule has 4 aromatic heterocycles. The van der Waals surface area contributed by atoms with Crippen LogP contribution in [-0.2, 0) is 52.8 Å². The number of nitrogens with zero attached hydrogens (tertiary/aromatic N) is 8. The van der Waals surface area contributed by atoms with Crippen LogP contribution in [0.4, 0.5) is 21.0 Å². The van der Waals surface area contributed by atoms with E-state index in [1.807, 2.05) is 65.1 Å². The standard InChI is InChI=1S/C41H46N12O6S2/c1-24(2)52-19-16-36(47-52)60(56,57)49-40(54)44-38-32(28-15-18-42-43-23-28)14-13-30-27(10-11-33(30)38)21-29-22-35(51(5)46-29)34-12-9-26-7-6-8-31(26)39(34)45-41(55)50-61(58,59)37-17-20-53(48-37)25(3)4/h9,12-20,22-25,27H,6-8,10-11,21H2,1-5H3,(H2,44,49,54)(H2,45,50,55). The molecule has 4 N–H and O–H groups in total. The van der Waals surface area contributed by atoms with Gasteiger partial charge in [0.25, 0.3) is 20.0 Å². The van der Waals surface area contributed by atoms with E-state index in [4.69, 9.17) is 5.10 Å². The zero-order valence-corrected chi connectivity index (χ0v) is 35.9. The van der Waals surface area contributed by atoms with E-state index < -0.39 is 32.1 Å². The number of amides is 4. The first-order chi connectivity index (χ1) is 29.1. The summed E-state index contributed by atoms with van der Waals surface area (Å²) < 4.78 is 61.6. The lowest BCUT2D eigenvalue weighted by Crippen LogP contribution is -2.35. The van der Waals surface area contributed by atoms with E-state index in [-0.39, 0.29) is 28.1 Å². The largest absolute Gasteiger partial charge is 0.333 e. The molecule has 0 radical (unpaired) electrons. The Morgan fingerprint density at radius 1 is 0.738 bits per heavy atom. The lowest BCUT2D eigenvalue weighted by atomic mass is 9.92. The number of anilines is 2. The summed E-state index contributed by atoms with van der Waals surface area (Å²) in [4.78, 5) is 26.9. The number of benzene rings is 2. The number of urea groups is 2. The normalized spacial score (nSPS) is 14.9. The second kappa shape index (κ2) is 16.2. The van der Waals surface area contributed by atoms with Gasteiger partial charge in [0.05, 0.1) is 35.2 Å². The van der Waals surface area contributed by atoms with Crippen molar-refractivity contribution in [1.82, 2.24) is 49.0 Å². The monoisotopic (exact) mass is 866 g/mol. The highest BCUT2D eigenvalue weighted by molar-refractivity contribution is 7.90. The van der Waals surface area contributed by atoms with Crippen LogP contribution in [0.5, 0.6) is 0 Å². The molecule has 6 aromatic rings. The van der Waals surface area contributed by atoms with Crippen LogP contribution in [0, 0.1) is 0 Å². The van der Waals surface area contributed by atoms with Crippen LogP contribution in [-0.4, -0.2) is 68.4 Å². The second-order valence-corrected chi connectivity index (χ2v) is 19.1. The van der Waals surface area contributed by atoms with Crippen LogP contribution in [0.1, 0.15) is 86.5 Å². The van der Waals surface area contributed by atoms with Gasteiger partial charge in [-0.3, -0.25) is 14.0 Å². The van der Waals surface area contributed by atoms with Crippen LogP contribution in [0.25, 0.3) is 22.4 Å². The summed E-state index contributed by atoms with van der Waals surface area (Å²) in [5, 5.41) is 26.2. The van der Waals surface area contributed by atoms with Crippen molar-refractivity contribution in [1.29, 1.82) is 0 Å². The van der Waals surface area contributed by atoms with Gasteiger partial charge in [-0.05, 0) is 119 Å². The van der Waals surface area contributed by atoms with E-state index in [9.17, 15) is 26.4 Å². The van der Waals surface area contributed by atoms with E-state index in [2.05, 4.69) is 40.5 Å². The van der Waals surface area contributed by atoms with Gasteiger partial charge in [-0.15, -0.1) is 0 Å². The van der Waals surface area contributed by atoms with Crippen LogP contribution < -0.4 is 20.1 Å². The molecule has 0 bridgehead atoms. The number of hydrogen-bond acceptors (Lipinski definition) is 11. The Balaban J connectivity index is 1.05. The minimum absolute atomic E-state index is 0.00229. The maximum Gasteiger partial charge on any atom is 0.333 e. The molecule has 0 saturated heterocycles. The van der Waals surface area contributed by atoms with E-state index in [1.165, 1.54) is 21.5 Å². The van der Waals surface area contributed by atoms with E-state index in [0.717, 1.165) is 52.9 Å². The zero-order chi connectivity index (χ0) is 43.2. The van der Waals surface area contributed by atoms with Crippen LogP contribution in [0.3, 0.4) is 0 Å². The Labute approximate surface area is 353 Å². The van der Waals surface area contributed by atoms with Crippen molar-refractivity contribution in [2.75, 3.05) is 10.6 Å². The number of aryl methyl sites for hydroxylation is 2. The summed E-state index contributed by atoms with van der Waals surface area (Å²) in [5.74, 6) is 0.00229. The predicted molar refractivity (Wildman–Crippen MR) is 227 cm³/mol. The summed E-state index contributed by atoms with van der Waals surface area (Å²) in [6.07, 6.45) is 10.6. The highest BCUT2D eigenvalue weighted by Crippen LogP contribution is 2.44. The average Bonchev–Trinajstić information content (AvgIpc) is 4.06. The lowest BCUT2D eigenvalue weighted by Gasteiger charge is -2.18. The fourth-order valence-electron chi connectivity index (χ4n) is 8.12. The number of aromatic nitrogens is 8. The van der Waals surface area contributed by atoms with Crippen molar-refractivity contribution in [2.45, 2.75) is 94.3 Å². The molecule has 20 heteroatoms. The summed E-state index contributed by atoms with van der Waals surface area (Å²) in [5.41, 5.74) is 8.46. The first kappa shape index (κ1) is 41.3. The molecule has 0 spiro atoms. The third-order valence-electron chi connectivity index (χ3n) is 11.1. The Morgan fingerprint density at radius 2 is 1.36 bits per heavy atom. The van der Waals surface area contributed by atoms with Crippen molar-refractivity contribution in [3.8, 4) is 22.4 Å². The first-order valence-electron chi connectivity index (χ1n) is 20.0. The fourth-order valence-corrected chi connectivity index (χ4v) is 9.80. The number of rotatable bonds is 12. The van der Waals surface area contributed by atoms with E-state index in [0.29, 0.717) is 47.3 Å².